The lowest BCUT2D eigenvalue weighted by Gasteiger charge is -1.91. The quantitative estimate of drug-likeness (QED) is 0.637. The Morgan fingerprint density at radius 2 is 2.00 bits per heavy atom. The molecule has 0 bridgehead atoms. The molecule has 0 aliphatic heterocycles. The van der Waals surface area contributed by atoms with Crippen LogP contribution in [0.4, 0.5) is 0 Å². The van der Waals surface area contributed by atoms with Crippen LogP contribution >= 0.6 is 12.2 Å². The van der Waals surface area contributed by atoms with E-state index in [1.807, 2.05) is 32.2 Å². The number of hydrogen-bond donors (Lipinski definition) is 1. The van der Waals surface area contributed by atoms with Crippen LogP contribution in [0, 0.1) is 4.64 Å². The third-order valence-electron chi connectivity index (χ3n) is 1.26. The van der Waals surface area contributed by atoms with Gasteiger partial charge in [0.25, 0.3) is 0 Å². The predicted molar refractivity (Wildman–Crippen MR) is 52.4 cm³/mol. The van der Waals surface area contributed by atoms with Gasteiger partial charge in [0.1, 0.15) is 4.64 Å². The number of hydrogen-bond acceptors (Lipinski definition) is 1. The van der Waals surface area contributed by atoms with Crippen LogP contribution in [0.2, 0.25) is 0 Å². The van der Waals surface area contributed by atoms with Crippen LogP contribution in [0.5, 0.6) is 0 Å². The molecule has 0 saturated carbocycles. The summed E-state index contributed by atoms with van der Waals surface area (Å²) in [5.41, 5.74) is 1.30. The second-order valence-electron chi connectivity index (χ2n) is 1.91. The average Bonchev–Trinajstić information content (AvgIpc) is 2.10. The molecule has 0 aliphatic carbocycles. The summed E-state index contributed by atoms with van der Waals surface area (Å²) in [4.78, 5) is 2.97. The van der Waals surface area contributed by atoms with Gasteiger partial charge in [0.05, 0.1) is 0 Å². The van der Waals surface area contributed by atoms with Crippen molar-refractivity contribution in [3.05, 3.63) is 28.5 Å². The zero-order chi connectivity index (χ0) is 8.69. The van der Waals surface area contributed by atoms with Crippen molar-refractivity contribution in [3.63, 3.8) is 0 Å². The first-order valence-electron chi connectivity index (χ1n) is 4.00. The van der Waals surface area contributed by atoms with Gasteiger partial charge in [0, 0.05) is 6.20 Å². The summed E-state index contributed by atoms with van der Waals surface area (Å²) in [6, 6.07) is 3.95. The van der Waals surface area contributed by atoms with Crippen molar-refractivity contribution in [2.75, 3.05) is 0 Å². The topological polar surface area (TPSA) is 15.8 Å². The van der Waals surface area contributed by atoms with E-state index in [9.17, 15) is 0 Å². The molecule has 62 valence electrons. The SMILES string of the molecule is CC.CCc1ccc(=S)[nH]c1. The van der Waals surface area contributed by atoms with E-state index in [1.54, 1.807) is 0 Å². The number of aryl methyl sites for hydroxylation is 1. The molecule has 1 rings (SSSR count). The van der Waals surface area contributed by atoms with Gasteiger partial charge in [-0.05, 0) is 18.1 Å². The number of rotatable bonds is 1. The van der Waals surface area contributed by atoms with E-state index in [1.165, 1.54) is 5.56 Å². The molecule has 1 N–H and O–H groups in total. The minimum absolute atomic E-state index is 0.798. The normalized spacial score (nSPS) is 8.27. The van der Waals surface area contributed by atoms with Crippen molar-refractivity contribution >= 4 is 12.2 Å². The smallest absolute Gasteiger partial charge is 0.103 e. The fourth-order valence-corrected chi connectivity index (χ4v) is 0.790. The third kappa shape index (κ3) is 3.94. The molecule has 1 heterocycles. The van der Waals surface area contributed by atoms with Crippen LogP contribution in [0.15, 0.2) is 18.3 Å². The number of nitrogens with one attached hydrogen (secondary N) is 1. The van der Waals surface area contributed by atoms with Crippen LogP contribution in [0.1, 0.15) is 26.3 Å². The molecule has 11 heavy (non-hydrogen) atoms. The monoisotopic (exact) mass is 169 g/mol. The van der Waals surface area contributed by atoms with Gasteiger partial charge < -0.3 is 4.98 Å². The summed E-state index contributed by atoms with van der Waals surface area (Å²) in [6.07, 6.45) is 3.01. The van der Waals surface area contributed by atoms with Crippen LogP contribution < -0.4 is 0 Å². The summed E-state index contributed by atoms with van der Waals surface area (Å²) in [6.45, 7) is 6.12. The van der Waals surface area contributed by atoms with E-state index < -0.39 is 0 Å². The lowest BCUT2D eigenvalue weighted by molar-refractivity contribution is 1.10. The second kappa shape index (κ2) is 6.10. The second-order valence-corrected chi connectivity index (χ2v) is 2.35. The fourth-order valence-electron chi connectivity index (χ4n) is 0.663. The van der Waals surface area contributed by atoms with Crippen molar-refractivity contribution < 1.29 is 0 Å². The summed E-state index contributed by atoms with van der Waals surface area (Å²) in [5.74, 6) is 0. The highest BCUT2D eigenvalue weighted by atomic mass is 32.1. The predicted octanol–water partition coefficient (Wildman–Crippen LogP) is 3.33. The van der Waals surface area contributed by atoms with Crippen LogP contribution in [0.3, 0.4) is 0 Å². The van der Waals surface area contributed by atoms with Gasteiger partial charge in [-0.3, -0.25) is 0 Å². The van der Waals surface area contributed by atoms with E-state index in [0.717, 1.165) is 11.1 Å². The number of aromatic nitrogens is 1. The van der Waals surface area contributed by atoms with Gasteiger partial charge >= 0.3 is 0 Å². The first-order valence-corrected chi connectivity index (χ1v) is 4.41. The average molecular weight is 169 g/mol. The maximum Gasteiger partial charge on any atom is 0.103 e. The molecule has 1 aromatic heterocycles. The summed E-state index contributed by atoms with van der Waals surface area (Å²) < 4.78 is 0.798. The molecule has 0 atom stereocenters. The van der Waals surface area contributed by atoms with E-state index in [-0.39, 0.29) is 0 Å². The Labute approximate surface area is 73.5 Å². The van der Waals surface area contributed by atoms with Gasteiger partial charge in [-0.25, -0.2) is 0 Å². The highest BCUT2D eigenvalue weighted by Gasteiger charge is 1.82. The van der Waals surface area contributed by atoms with E-state index in [0.29, 0.717) is 0 Å². The summed E-state index contributed by atoms with van der Waals surface area (Å²) >= 11 is 4.86. The first kappa shape index (κ1) is 10.4. The Morgan fingerprint density at radius 3 is 2.36 bits per heavy atom. The molecule has 0 aromatic carbocycles. The van der Waals surface area contributed by atoms with Gasteiger partial charge in [-0.1, -0.05) is 39.1 Å². The minimum atomic E-state index is 0.798. The van der Waals surface area contributed by atoms with Gasteiger partial charge in [0.2, 0.25) is 0 Å². The molecule has 0 saturated heterocycles. The van der Waals surface area contributed by atoms with Gasteiger partial charge in [-0.15, -0.1) is 0 Å². The van der Waals surface area contributed by atoms with Crippen LogP contribution in [-0.4, -0.2) is 4.98 Å². The van der Waals surface area contributed by atoms with Crippen LogP contribution in [-0.2, 0) is 6.42 Å². The summed E-state index contributed by atoms with van der Waals surface area (Å²) in [7, 11) is 0. The maximum atomic E-state index is 4.86. The van der Waals surface area contributed by atoms with Crippen molar-refractivity contribution in [3.8, 4) is 0 Å². The highest BCUT2D eigenvalue weighted by Crippen LogP contribution is 1.96. The lowest BCUT2D eigenvalue weighted by atomic mass is 10.2. The van der Waals surface area contributed by atoms with Crippen molar-refractivity contribution in [1.29, 1.82) is 0 Å². The van der Waals surface area contributed by atoms with Gasteiger partial charge in [0.15, 0.2) is 0 Å². The molecular formula is C9H15NS. The Balaban J connectivity index is 0.000000461. The van der Waals surface area contributed by atoms with Crippen molar-refractivity contribution in [2.45, 2.75) is 27.2 Å². The summed E-state index contributed by atoms with van der Waals surface area (Å²) in [5, 5.41) is 0. The maximum absolute atomic E-state index is 4.86. The zero-order valence-electron chi connectivity index (χ0n) is 7.35. The van der Waals surface area contributed by atoms with Crippen LogP contribution in [0.25, 0.3) is 0 Å². The third-order valence-corrected chi connectivity index (χ3v) is 1.51. The molecule has 0 radical (unpaired) electrons. The Kier molecular flexibility index (Phi) is 5.75. The zero-order valence-corrected chi connectivity index (χ0v) is 8.16. The standard InChI is InChI=1S/C7H9NS.C2H6/c1-2-6-3-4-7(9)8-5-6;1-2/h3-5H,2H2,1H3,(H,8,9);1-2H3. The molecule has 2 heteroatoms. The van der Waals surface area contributed by atoms with Gasteiger partial charge in [-0.2, -0.15) is 0 Å². The van der Waals surface area contributed by atoms with Crippen molar-refractivity contribution in [2.24, 2.45) is 0 Å². The molecule has 1 nitrogen and oxygen atoms in total. The molecular weight excluding hydrogens is 154 g/mol. The lowest BCUT2D eigenvalue weighted by Crippen LogP contribution is -1.80. The largest absolute Gasteiger partial charge is 0.353 e. The fraction of sp³-hybridized carbons (Fsp3) is 0.444. The Morgan fingerprint density at radius 1 is 1.36 bits per heavy atom. The van der Waals surface area contributed by atoms with E-state index in [2.05, 4.69) is 11.9 Å². The number of pyridine rings is 1. The van der Waals surface area contributed by atoms with E-state index in [4.69, 9.17) is 12.2 Å². The molecule has 0 unspecified atom stereocenters. The first-order chi connectivity index (χ1) is 5.33. The highest BCUT2D eigenvalue weighted by molar-refractivity contribution is 7.71. The van der Waals surface area contributed by atoms with E-state index >= 15 is 0 Å². The molecule has 1 aromatic rings. The Hall–Kier alpha value is -0.630. The van der Waals surface area contributed by atoms with Crippen molar-refractivity contribution in [1.82, 2.24) is 4.98 Å². The minimum Gasteiger partial charge on any atom is -0.353 e. The molecule has 0 fully saturated rings. The Bertz CT molecular complexity index is 219. The number of H-pyrrole nitrogens is 1. The number of aromatic amines is 1. The molecule has 0 spiro atoms. The molecule has 0 amide bonds. The molecule has 0 aliphatic rings.